The van der Waals surface area contributed by atoms with Crippen molar-refractivity contribution in [2.75, 3.05) is 5.73 Å². The predicted molar refractivity (Wildman–Crippen MR) is 78.1 cm³/mol. The number of thiophene rings is 1. The number of carbonyl (C=O) groups excluding carboxylic acids is 1. The summed E-state index contributed by atoms with van der Waals surface area (Å²) in [6.07, 6.45) is 2.36. The molecule has 1 saturated carbocycles. The Kier molecular flexibility index (Phi) is 3.25. The Morgan fingerprint density at radius 2 is 2.00 bits per heavy atom. The number of nitrogens with two attached hydrogens (primary N) is 1. The van der Waals surface area contributed by atoms with E-state index in [9.17, 15) is 4.79 Å². The Bertz CT molecular complexity index is 575. The van der Waals surface area contributed by atoms with Gasteiger partial charge >= 0.3 is 0 Å². The number of nitrogen functional groups attached to an aromatic ring is 1. The van der Waals surface area contributed by atoms with Crippen LogP contribution in [0.2, 0.25) is 0 Å². The fraction of sp³-hybridized carbons (Fsp3) is 0.267. The van der Waals surface area contributed by atoms with Crippen molar-refractivity contribution in [2.45, 2.75) is 18.9 Å². The standard InChI is InChI=1S/C15H16N2OS/c16-12-8-9-19-14(12)15(18)17-13(11-6-7-11)10-4-2-1-3-5-10/h1-5,8-9,11,13H,6-7,16H2,(H,17,18). The fourth-order valence-corrected chi connectivity index (χ4v) is 2.99. The first kappa shape index (κ1) is 12.2. The molecular weight excluding hydrogens is 256 g/mol. The second-order valence-corrected chi connectivity index (χ2v) is 5.82. The predicted octanol–water partition coefficient (Wildman–Crippen LogP) is 3.21. The first-order chi connectivity index (χ1) is 9.25. The van der Waals surface area contributed by atoms with Gasteiger partial charge in [0.05, 0.1) is 11.7 Å². The summed E-state index contributed by atoms with van der Waals surface area (Å²) in [5, 5.41) is 4.98. The lowest BCUT2D eigenvalue weighted by atomic mass is 10.0. The molecule has 0 radical (unpaired) electrons. The van der Waals surface area contributed by atoms with Gasteiger partial charge in [-0.25, -0.2) is 0 Å². The fourth-order valence-electron chi connectivity index (χ4n) is 2.27. The number of benzene rings is 1. The molecule has 0 bridgehead atoms. The topological polar surface area (TPSA) is 55.1 Å². The number of nitrogens with one attached hydrogen (secondary N) is 1. The molecule has 3 N–H and O–H groups in total. The first-order valence-electron chi connectivity index (χ1n) is 6.44. The monoisotopic (exact) mass is 272 g/mol. The summed E-state index contributed by atoms with van der Waals surface area (Å²) in [5.41, 5.74) is 7.53. The van der Waals surface area contributed by atoms with Crippen molar-refractivity contribution in [3.8, 4) is 0 Å². The minimum atomic E-state index is -0.0618. The van der Waals surface area contributed by atoms with Crippen LogP contribution in [0.25, 0.3) is 0 Å². The van der Waals surface area contributed by atoms with Crippen molar-refractivity contribution in [1.82, 2.24) is 5.32 Å². The summed E-state index contributed by atoms with van der Waals surface area (Å²) in [4.78, 5) is 12.9. The van der Waals surface area contributed by atoms with Crippen LogP contribution in [0.4, 0.5) is 5.69 Å². The molecule has 98 valence electrons. The molecule has 1 heterocycles. The third kappa shape index (κ3) is 2.63. The van der Waals surface area contributed by atoms with Gasteiger partial charge < -0.3 is 11.1 Å². The van der Waals surface area contributed by atoms with Crippen molar-refractivity contribution in [2.24, 2.45) is 5.92 Å². The highest BCUT2D eigenvalue weighted by molar-refractivity contribution is 7.12. The molecule has 0 aliphatic heterocycles. The molecule has 0 spiro atoms. The zero-order chi connectivity index (χ0) is 13.2. The molecule has 1 fully saturated rings. The third-order valence-corrected chi connectivity index (χ3v) is 4.37. The van der Waals surface area contributed by atoms with Crippen LogP contribution < -0.4 is 11.1 Å². The van der Waals surface area contributed by atoms with Gasteiger partial charge in [0.1, 0.15) is 4.88 Å². The molecule has 0 saturated heterocycles. The number of amides is 1. The summed E-state index contributed by atoms with van der Waals surface area (Å²) in [7, 11) is 0. The average Bonchev–Trinajstić information content (AvgIpc) is 3.18. The molecule has 1 amide bonds. The quantitative estimate of drug-likeness (QED) is 0.898. The highest BCUT2D eigenvalue weighted by Gasteiger charge is 2.33. The van der Waals surface area contributed by atoms with Gasteiger partial charge in [-0.15, -0.1) is 11.3 Å². The van der Waals surface area contributed by atoms with E-state index >= 15 is 0 Å². The number of hydrogen-bond donors (Lipinski definition) is 2. The van der Waals surface area contributed by atoms with Gasteiger partial charge in [0.2, 0.25) is 0 Å². The number of anilines is 1. The Morgan fingerprint density at radius 3 is 2.58 bits per heavy atom. The Hall–Kier alpha value is -1.81. The van der Waals surface area contributed by atoms with Gasteiger partial charge in [-0.3, -0.25) is 4.79 Å². The molecule has 19 heavy (non-hydrogen) atoms. The Morgan fingerprint density at radius 1 is 1.26 bits per heavy atom. The summed E-state index contributed by atoms with van der Waals surface area (Å²) >= 11 is 1.39. The zero-order valence-electron chi connectivity index (χ0n) is 10.5. The number of hydrogen-bond acceptors (Lipinski definition) is 3. The Labute approximate surface area is 116 Å². The van der Waals surface area contributed by atoms with E-state index in [1.54, 1.807) is 6.07 Å². The van der Waals surface area contributed by atoms with E-state index in [1.165, 1.54) is 29.7 Å². The second kappa shape index (κ2) is 5.05. The molecule has 3 nitrogen and oxygen atoms in total. The summed E-state index contributed by atoms with van der Waals surface area (Å²) in [6.45, 7) is 0. The van der Waals surface area contributed by atoms with Crippen LogP contribution in [0, 0.1) is 5.92 Å². The molecule has 1 aliphatic carbocycles. The van der Waals surface area contributed by atoms with Crippen LogP contribution in [0.5, 0.6) is 0 Å². The molecular formula is C15H16N2OS. The highest BCUT2D eigenvalue weighted by atomic mass is 32.1. The van der Waals surface area contributed by atoms with Crippen LogP contribution in [-0.4, -0.2) is 5.91 Å². The third-order valence-electron chi connectivity index (χ3n) is 3.44. The van der Waals surface area contributed by atoms with Gasteiger partial charge in [0.15, 0.2) is 0 Å². The highest BCUT2D eigenvalue weighted by Crippen LogP contribution is 2.41. The normalized spacial score (nSPS) is 16.0. The van der Waals surface area contributed by atoms with Crippen molar-refractivity contribution in [3.05, 3.63) is 52.2 Å². The van der Waals surface area contributed by atoms with Crippen molar-refractivity contribution >= 4 is 22.9 Å². The molecule has 1 aromatic carbocycles. The maximum atomic E-state index is 12.3. The summed E-state index contributed by atoms with van der Waals surface area (Å²) in [6, 6.07) is 12.0. The average molecular weight is 272 g/mol. The van der Waals surface area contributed by atoms with E-state index in [0.717, 1.165) is 0 Å². The lowest BCUT2D eigenvalue weighted by Crippen LogP contribution is -2.29. The van der Waals surface area contributed by atoms with E-state index in [1.807, 2.05) is 23.6 Å². The van der Waals surface area contributed by atoms with Crippen LogP contribution in [0.1, 0.15) is 34.1 Å². The summed E-state index contributed by atoms with van der Waals surface area (Å²) < 4.78 is 0. The van der Waals surface area contributed by atoms with E-state index in [2.05, 4.69) is 17.4 Å². The largest absolute Gasteiger partial charge is 0.397 e. The van der Waals surface area contributed by atoms with E-state index in [4.69, 9.17) is 5.73 Å². The van der Waals surface area contributed by atoms with Crippen molar-refractivity contribution in [3.63, 3.8) is 0 Å². The van der Waals surface area contributed by atoms with Crippen LogP contribution in [0.15, 0.2) is 41.8 Å². The second-order valence-electron chi connectivity index (χ2n) is 4.90. The van der Waals surface area contributed by atoms with Crippen LogP contribution in [-0.2, 0) is 0 Å². The summed E-state index contributed by atoms with van der Waals surface area (Å²) in [5.74, 6) is 0.501. The van der Waals surface area contributed by atoms with Gasteiger partial charge in [-0.1, -0.05) is 30.3 Å². The SMILES string of the molecule is Nc1ccsc1C(=O)NC(c1ccccc1)C1CC1. The van der Waals surface area contributed by atoms with Crippen molar-refractivity contribution in [1.29, 1.82) is 0 Å². The lowest BCUT2D eigenvalue weighted by molar-refractivity contribution is 0.0936. The molecule has 4 heteroatoms. The first-order valence-corrected chi connectivity index (χ1v) is 7.32. The van der Waals surface area contributed by atoms with Gasteiger partial charge in [0.25, 0.3) is 5.91 Å². The Balaban J connectivity index is 1.79. The molecule has 1 aliphatic rings. The van der Waals surface area contributed by atoms with E-state index < -0.39 is 0 Å². The minimum absolute atomic E-state index is 0.0618. The minimum Gasteiger partial charge on any atom is -0.397 e. The van der Waals surface area contributed by atoms with Crippen LogP contribution >= 0.6 is 11.3 Å². The lowest BCUT2D eigenvalue weighted by Gasteiger charge is -2.18. The zero-order valence-corrected chi connectivity index (χ0v) is 11.3. The van der Waals surface area contributed by atoms with Gasteiger partial charge in [-0.2, -0.15) is 0 Å². The molecule has 3 rings (SSSR count). The van der Waals surface area contributed by atoms with Crippen LogP contribution in [0.3, 0.4) is 0 Å². The maximum absolute atomic E-state index is 12.3. The van der Waals surface area contributed by atoms with E-state index in [0.29, 0.717) is 16.5 Å². The smallest absolute Gasteiger partial charge is 0.263 e. The number of carbonyl (C=O) groups is 1. The molecule has 2 aromatic rings. The van der Waals surface area contributed by atoms with Crippen molar-refractivity contribution < 1.29 is 4.79 Å². The number of rotatable bonds is 4. The van der Waals surface area contributed by atoms with Gasteiger partial charge in [-0.05, 0) is 35.8 Å². The van der Waals surface area contributed by atoms with Gasteiger partial charge in [0, 0.05) is 0 Å². The molecule has 1 unspecified atom stereocenters. The van der Waals surface area contributed by atoms with E-state index in [-0.39, 0.29) is 11.9 Å². The maximum Gasteiger partial charge on any atom is 0.263 e. The molecule has 1 atom stereocenters. The molecule has 1 aromatic heterocycles.